The first kappa shape index (κ1) is 24.4. The van der Waals surface area contributed by atoms with Crippen molar-refractivity contribution in [2.45, 2.75) is 44.4 Å². The Balaban J connectivity index is 1.37. The van der Waals surface area contributed by atoms with Crippen molar-refractivity contribution in [1.82, 2.24) is 24.8 Å². The lowest BCUT2D eigenvalue weighted by molar-refractivity contribution is -0.143. The number of aromatic nitrogens is 3. The number of fused-ring (bicyclic) bond motifs is 1. The van der Waals surface area contributed by atoms with Crippen LogP contribution in [0.2, 0.25) is 0 Å². The van der Waals surface area contributed by atoms with E-state index in [1.54, 1.807) is 23.0 Å². The lowest BCUT2D eigenvalue weighted by atomic mass is 10.1. The fourth-order valence-corrected chi connectivity index (χ4v) is 4.42. The third-order valence-corrected chi connectivity index (χ3v) is 6.49. The van der Waals surface area contributed by atoms with Gasteiger partial charge in [-0.05, 0) is 25.8 Å². The first-order chi connectivity index (χ1) is 17.8. The van der Waals surface area contributed by atoms with Gasteiger partial charge < -0.3 is 30.5 Å². The Bertz CT molecular complexity index is 1280. The minimum absolute atomic E-state index is 0.0173. The molecule has 5 rings (SSSR count). The molecule has 2 aromatic heterocycles. The quantitative estimate of drug-likeness (QED) is 0.356. The summed E-state index contributed by atoms with van der Waals surface area (Å²) in [6, 6.07) is 0.602. The van der Waals surface area contributed by atoms with Crippen LogP contribution in [0.3, 0.4) is 0 Å². The van der Waals surface area contributed by atoms with E-state index in [9.17, 15) is 19.5 Å². The van der Waals surface area contributed by atoms with Gasteiger partial charge in [0, 0.05) is 24.9 Å². The molecule has 0 unspecified atom stereocenters. The van der Waals surface area contributed by atoms with Crippen LogP contribution in [0.1, 0.15) is 31.7 Å². The van der Waals surface area contributed by atoms with Gasteiger partial charge in [-0.15, -0.1) is 0 Å². The van der Waals surface area contributed by atoms with Crippen LogP contribution in [0.5, 0.6) is 0 Å². The predicted octanol–water partition coefficient (Wildman–Crippen LogP) is 0.712. The minimum atomic E-state index is -1.16. The molecule has 3 fully saturated rings. The predicted molar refractivity (Wildman–Crippen MR) is 131 cm³/mol. The van der Waals surface area contributed by atoms with Gasteiger partial charge in [-0.3, -0.25) is 9.69 Å². The van der Waals surface area contributed by atoms with E-state index in [0.717, 1.165) is 12.8 Å². The molecule has 2 atom stereocenters. The third kappa shape index (κ3) is 5.15. The van der Waals surface area contributed by atoms with Crippen LogP contribution in [-0.4, -0.2) is 87.0 Å². The highest BCUT2D eigenvalue weighted by atomic mass is 16.6. The standard InChI is InChI=1S/C24H29N7O6/c1-2-3-16(21(25)36-14-4-5-14)17-12-27-31-7-6-19(28-22(17)31)29-8-9-30(18(13-29)23(33)34)24(35)37-15-10-20(32)26-11-15/h2-3,6-7,12,14-15,18H,4-5,8-11,13,25H2,1H3,(H,26,32)(H,33,34)/b3-2-,21-16-/t15-,18-/m0/s1. The van der Waals surface area contributed by atoms with Gasteiger partial charge in [-0.2, -0.15) is 5.10 Å². The molecule has 1 saturated carbocycles. The Kier molecular flexibility index (Phi) is 6.59. The maximum Gasteiger partial charge on any atom is 0.410 e. The summed E-state index contributed by atoms with van der Waals surface area (Å²) >= 11 is 0. The highest BCUT2D eigenvalue weighted by Crippen LogP contribution is 2.30. The van der Waals surface area contributed by atoms with Crippen LogP contribution < -0.4 is 16.0 Å². The molecule has 2 amide bonds. The molecule has 4 heterocycles. The van der Waals surface area contributed by atoms with Crippen LogP contribution in [0.4, 0.5) is 10.6 Å². The number of hydrogen-bond donors (Lipinski definition) is 3. The van der Waals surface area contributed by atoms with Crippen molar-refractivity contribution in [2.75, 3.05) is 31.1 Å². The highest BCUT2D eigenvalue weighted by molar-refractivity contribution is 5.84. The second kappa shape index (κ2) is 9.99. The number of nitrogens with two attached hydrogens (primary N) is 1. The number of allylic oxidation sites excluding steroid dienone is 3. The molecule has 2 aromatic rings. The number of ether oxygens (including phenoxy) is 2. The molecule has 4 N–H and O–H groups in total. The third-order valence-electron chi connectivity index (χ3n) is 6.49. The lowest BCUT2D eigenvalue weighted by Gasteiger charge is -2.39. The fourth-order valence-electron chi connectivity index (χ4n) is 4.42. The van der Waals surface area contributed by atoms with E-state index in [0.29, 0.717) is 35.0 Å². The first-order valence-electron chi connectivity index (χ1n) is 12.2. The maximum atomic E-state index is 12.7. The lowest BCUT2D eigenvalue weighted by Crippen LogP contribution is -2.59. The van der Waals surface area contributed by atoms with E-state index in [1.165, 1.54) is 4.90 Å². The van der Waals surface area contributed by atoms with Crippen molar-refractivity contribution < 1.29 is 29.0 Å². The average molecular weight is 512 g/mol. The number of anilines is 1. The van der Waals surface area contributed by atoms with E-state index in [4.69, 9.17) is 20.2 Å². The Morgan fingerprint density at radius 2 is 2.05 bits per heavy atom. The molecule has 37 heavy (non-hydrogen) atoms. The number of amides is 2. The van der Waals surface area contributed by atoms with Crippen molar-refractivity contribution in [2.24, 2.45) is 5.73 Å². The van der Waals surface area contributed by atoms with Crippen molar-refractivity contribution in [3.05, 3.63) is 42.1 Å². The second-order valence-electron chi connectivity index (χ2n) is 9.21. The van der Waals surface area contributed by atoms with Crippen LogP contribution in [0, 0.1) is 0 Å². The van der Waals surface area contributed by atoms with Crippen molar-refractivity contribution in [3.8, 4) is 0 Å². The normalized spacial score (nSPS) is 22.8. The van der Waals surface area contributed by atoms with Gasteiger partial charge in [0.15, 0.2) is 11.5 Å². The van der Waals surface area contributed by atoms with Gasteiger partial charge in [0.2, 0.25) is 5.91 Å². The van der Waals surface area contributed by atoms with Crippen LogP contribution in [-0.2, 0) is 19.1 Å². The topological polar surface area (TPSA) is 165 Å². The van der Waals surface area contributed by atoms with E-state index < -0.39 is 24.2 Å². The molecule has 2 aliphatic heterocycles. The zero-order valence-electron chi connectivity index (χ0n) is 20.4. The Hall–Kier alpha value is -4.29. The summed E-state index contributed by atoms with van der Waals surface area (Å²) < 4.78 is 12.8. The first-order valence-corrected chi connectivity index (χ1v) is 12.2. The summed E-state index contributed by atoms with van der Waals surface area (Å²) in [4.78, 5) is 43.9. The Morgan fingerprint density at radius 1 is 1.24 bits per heavy atom. The molecule has 2 saturated heterocycles. The number of rotatable bonds is 7. The molecule has 0 spiro atoms. The largest absolute Gasteiger partial charge is 0.480 e. The molecule has 13 heteroatoms. The Morgan fingerprint density at radius 3 is 2.73 bits per heavy atom. The van der Waals surface area contributed by atoms with Gasteiger partial charge in [0.05, 0.1) is 31.3 Å². The van der Waals surface area contributed by atoms with Crippen LogP contribution >= 0.6 is 0 Å². The summed E-state index contributed by atoms with van der Waals surface area (Å²) in [5, 5.41) is 16.8. The number of hydrogen-bond acceptors (Lipinski definition) is 9. The van der Waals surface area contributed by atoms with E-state index >= 15 is 0 Å². The van der Waals surface area contributed by atoms with E-state index in [2.05, 4.69) is 10.4 Å². The van der Waals surface area contributed by atoms with Gasteiger partial charge in [0.25, 0.3) is 0 Å². The number of piperazine rings is 1. The van der Waals surface area contributed by atoms with Crippen molar-refractivity contribution in [3.63, 3.8) is 0 Å². The smallest absolute Gasteiger partial charge is 0.410 e. The molecule has 1 aliphatic carbocycles. The van der Waals surface area contributed by atoms with Gasteiger partial charge in [0.1, 0.15) is 24.1 Å². The summed E-state index contributed by atoms with van der Waals surface area (Å²) in [5.74, 6) is -0.511. The number of carboxylic acid groups (broad SMARTS) is 1. The van der Waals surface area contributed by atoms with Crippen molar-refractivity contribution in [1.29, 1.82) is 0 Å². The highest BCUT2D eigenvalue weighted by Gasteiger charge is 2.38. The zero-order chi connectivity index (χ0) is 26.1. The van der Waals surface area contributed by atoms with E-state index in [1.807, 2.05) is 24.0 Å². The SMILES string of the molecule is C/C=C\C(=C(/N)OC1CC1)c1cnn2ccc(N3CCN(C(=O)O[C@@H]4CNC(=O)C4)[C@H](C(=O)O)C3)nc12. The molecule has 13 nitrogen and oxygen atoms in total. The number of carboxylic acids is 1. The van der Waals surface area contributed by atoms with Crippen molar-refractivity contribution >= 4 is 35.0 Å². The van der Waals surface area contributed by atoms with E-state index in [-0.39, 0.29) is 38.1 Å². The Labute approximate surface area is 212 Å². The number of aliphatic carboxylic acids is 1. The van der Waals surface area contributed by atoms with Crippen LogP contribution in [0.15, 0.2) is 36.5 Å². The molecule has 0 bridgehead atoms. The molecule has 0 aromatic carbocycles. The molecular weight excluding hydrogens is 482 g/mol. The van der Waals surface area contributed by atoms with Gasteiger partial charge in [-0.25, -0.2) is 19.1 Å². The van der Waals surface area contributed by atoms with Crippen LogP contribution in [0.25, 0.3) is 11.2 Å². The summed E-state index contributed by atoms with van der Waals surface area (Å²) in [7, 11) is 0. The maximum absolute atomic E-state index is 12.7. The fraction of sp³-hybridized carbons (Fsp3) is 0.458. The average Bonchev–Trinajstić information content (AvgIpc) is 3.45. The molecular formula is C24H29N7O6. The number of nitrogens with zero attached hydrogens (tertiary/aromatic N) is 5. The number of nitrogens with one attached hydrogen (secondary N) is 1. The summed E-state index contributed by atoms with van der Waals surface area (Å²) in [5.41, 5.74) is 8.17. The molecule has 196 valence electrons. The minimum Gasteiger partial charge on any atom is -0.480 e. The molecule has 0 radical (unpaired) electrons. The molecule has 3 aliphatic rings. The van der Waals surface area contributed by atoms with Gasteiger partial charge >= 0.3 is 12.1 Å². The second-order valence-corrected chi connectivity index (χ2v) is 9.21. The monoisotopic (exact) mass is 511 g/mol. The zero-order valence-corrected chi connectivity index (χ0v) is 20.4. The summed E-state index contributed by atoms with van der Waals surface area (Å²) in [6.45, 7) is 2.59. The number of carbonyl (C=O) groups excluding carboxylic acids is 2. The number of carbonyl (C=O) groups is 3. The van der Waals surface area contributed by atoms with Gasteiger partial charge in [-0.1, -0.05) is 12.2 Å². The summed E-state index contributed by atoms with van der Waals surface area (Å²) in [6.07, 6.45) is 7.92.